The second-order valence-electron chi connectivity index (χ2n) is 6.60. The number of amides is 2. The van der Waals surface area contributed by atoms with Crippen LogP contribution in [0.1, 0.15) is 21.9 Å². The van der Waals surface area contributed by atoms with E-state index in [4.69, 9.17) is 23.2 Å². The highest BCUT2D eigenvalue weighted by Gasteiger charge is 2.36. The van der Waals surface area contributed by atoms with Crippen LogP contribution in [-0.2, 0) is 9.59 Å². The highest BCUT2D eigenvalue weighted by Crippen LogP contribution is 2.41. The normalized spacial score (nSPS) is 22.4. The lowest BCUT2D eigenvalue weighted by Crippen LogP contribution is -2.39. The van der Waals surface area contributed by atoms with Gasteiger partial charge in [0, 0.05) is 23.1 Å². The van der Waals surface area contributed by atoms with E-state index in [1.165, 1.54) is 0 Å². The first kappa shape index (κ1) is 20.0. The first-order valence-corrected chi connectivity index (χ1v) is 11.7. The van der Waals surface area contributed by atoms with Crippen LogP contribution in [0.5, 0.6) is 0 Å². The zero-order chi connectivity index (χ0) is 19.7. The van der Waals surface area contributed by atoms with Gasteiger partial charge in [0.2, 0.25) is 11.8 Å². The Hall–Kier alpha value is -1.34. The van der Waals surface area contributed by atoms with E-state index in [-0.39, 0.29) is 22.6 Å². The molecule has 0 N–H and O–H groups in total. The third-order valence-corrected chi connectivity index (χ3v) is 7.84. The zero-order valence-electron chi connectivity index (χ0n) is 14.9. The summed E-state index contributed by atoms with van der Waals surface area (Å²) >= 11 is 15.2. The van der Waals surface area contributed by atoms with Gasteiger partial charge in [0.1, 0.15) is 10.7 Å². The van der Waals surface area contributed by atoms with Gasteiger partial charge in [-0.2, -0.15) is 0 Å². The molecule has 146 valence electrons. The molecule has 8 heteroatoms. The number of halogens is 2. The van der Waals surface area contributed by atoms with E-state index in [0.717, 1.165) is 11.1 Å². The van der Waals surface area contributed by atoms with E-state index >= 15 is 0 Å². The fraction of sp³-hybridized carbons (Fsp3) is 0.300. The lowest BCUT2D eigenvalue weighted by atomic mass is 10.2. The summed E-state index contributed by atoms with van der Waals surface area (Å²) in [6.45, 7) is 1.02. The van der Waals surface area contributed by atoms with Gasteiger partial charge in [-0.1, -0.05) is 47.5 Å². The van der Waals surface area contributed by atoms with Crippen LogP contribution in [0.3, 0.4) is 0 Å². The summed E-state index contributed by atoms with van der Waals surface area (Å²) in [7, 11) is 0. The average Bonchev–Trinajstić information content (AvgIpc) is 3.24. The van der Waals surface area contributed by atoms with Crippen molar-refractivity contribution in [1.29, 1.82) is 0 Å². The molecule has 2 saturated heterocycles. The number of nitrogens with zero attached hydrogens (tertiary/aromatic N) is 2. The maximum absolute atomic E-state index is 12.5. The molecule has 0 bridgehead atoms. The molecule has 4 nitrogen and oxygen atoms in total. The number of hydrogen-bond acceptors (Lipinski definition) is 4. The summed E-state index contributed by atoms with van der Waals surface area (Å²) in [5.41, 5.74) is 2.10. The molecule has 2 aromatic rings. The molecule has 2 amide bonds. The van der Waals surface area contributed by atoms with E-state index in [9.17, 15) is 9.59 Å². The molecule has 28 heavy (non-hydrogen) atoms. The van der Waals surface area contributed by atoms with Crippen LogP contribution in [-0.4, -0.2) is 46.2 Å². The van der Waals surface area contributed by atoms with Gasteiger partial charge in [-0.3, -0.25) is 9.59 Å². The number of carbonyl (C=O) groups excluding carboxylic acids is 2. The first-order valence-electron chi connectivity index (χ1n) is 8.86. The van der Waals surface area contributed by atoms with Crippen LogP contribution in [0.2, 0.25) is 10.0 Å². The lowest BCUT2D eigenvalue weighted by molar-refractivity contribution is -0.132. The summed E-state index contributed by atoms with van der Waals surface area (Å²) < 4.78 is 0. The van der Waals surface area contributed by atoms with Crippen molar-refractivity contribution in [2.24, 2.45) is 0 Å². The molecule has 0 radical (unpaired) electrons. The smallest absolute Gasteiger partial charge is 0.233 e. The minimum atomic E-state index is -0.0379. The van der Waals surface area contributed by atoms with Crippen molar-refractivity contribution in [2.75, 3.05) is 24.6 Å². The highest BCUT2D eigenvalue weighted by atomic mass is 35.5. The van der Waals surface area contributed by atoms with Crippen LogP contribution < -0.4 is 0 Å². The van der Waals surface area contributed by atoms with Crippen molar-refractivity contribution in [3.05, 3.63) is 69.7 Å². The maximum Gasteiger partial charge on any atom is 0.233 e. The fourth-order valence-electron chi connectivity index (χ4n) is 3.41. The Labute approximate surface area is 182 Å². The molecule has 2 aliphatic rings. The Morgan fingerprint density at radius 2 is 1.07 bits per heavy atom. The summed E-state index contributed by atoms with van der Waals surface area (Å²) in [4.78, 5) is 28.6. The summed E-state index contributed by atoms with van der Waals surface area (Å²) in [5.74, 6) is 1.12. The number of benzene rings is 2. The first-order chi connectivity index (χ1) is 13.5. The molecule has 0 aromatic heterocycles. The van der Waals surface area contributed by atoms with Gasteiger partial charge < -0.3 is 9.80 Å². The number of rotatable bonds is 5. The van der Waals surface area contributed by atoms with Crippen molar-refractivity contribution in [3.63, 3.8) is 0 Å². The van der Waals surface area contributed by atoms with Gasteiger partial charge in [0.25, 0.3) is 0 Å². The number of carbonyl (C=O) groups is 2. The second kappa shape index (κ2) is 8.57. The minimum Gasteiger partial charge on any atom is -0.324 e. The van der Waals surface area contributed by atoms with Crippen molar-refractivity contribution < 1.29 is 9.59 Å². The van der Waals surface area contributed by atoms with Crippen LogP contribution in [0.25, 0.3) is 0 Å². The average molecular weight is 453 g/mol. The van der Waals surface area contributed by atoms with Crippen molar-refractivity contribution in [2.45, 2.75) is 10.7 Å². The van der Waals surface area contributed by atoms with E-state index < -0.39 is 0 Å². The number of thioether (sulfide) groups is 2. The molecule has 0 saturated carbocycles. The maximum atomic E-state index is 12.5. The van der Waals surface area contributed by atoms with E-state index in [0.29, 0.717) is 34.6 Å². The summed E-state index contributed by atoms with van der Waals surface area (Å²) in [5, 5.41) is 1.28. The third-order valence-electron chi connectivity index (χ3n) is 4.83. The lowest BCUT2D eigenvalue weighted by Gasteiger charge is -2.29. The monoisotopic (exact) mass is 452 g/mol. The van der Waals surface area contributed by atoms with Gasteiger partial charge >= 0.3 is 0 Å². The molecule has 0 unspecified atom stereocenters. The van der Waals surface area contributed by atoms with Crippen LogP contribution in [0, 0.1) is 0 Å². The fourth-order valence-corrected chi connectivity index (χ4v) is 6.10. The van der Waals surface area contributed by atoms with E-state index in [2.05, 4.69) is 0 Å². The Balaban J connectivity index is 1.48. The Kier molecular flexibility index (Phi) is 6.11. The standard InChI is InChI=1S/C20H18Cl2N2O2S2/c21-15-5-1-13(2-6-15)19-23(17(25)11-27-19)9-10-24-18(26)12-28-20(24)14-3-7-16(22)8-4-14/h1-8,19-20H,9-12H2/t19-,20+. The molecule has 2 heterocycles. The molecule has 0 spiro atoms. The molecule has 2 atom stereocenters. The van der Waals surface area contributed by atoms with Crippen LogP contribution in [0.15, 0.2) is 48.5 Å². The Bertz CT molecular complexity index is 803. The molecular formula is C20H18Cl2N2O2S2. The predicted octanol–water partition coefficient (Wildman–Crippen LogP) is 4.84. The van der Waals surface area contributed by atoms with Crippen molar-refractivity contribution in [1.82, 2.24) is 9.80 Å². The Morgan fingerprint density at radius 1 is 0.714 bits per heavy atom. The molecule has 0 aliphatic carbocycles. The van der Waals surface area contributed by atoms with Crippen molar-refractivity contribution >= 4 is 58.5 Å². The topological polar surface area (TPSA) is 40.6 Å². The molecule has 2 aliphatic heterocycles. The SMILES string of the molecule is O=C1CS[C@H](c2ccc(Cl)cc2)N1CCN1C(=O)CS[C@H]1c1ccc(Cl)cc1. The third kappa shape index (κ3) is 4.15. The minimum absolute atomic E-state index is 0.0379. The van der Waals surface area contributed by atoms with E-state index in [1.807, 2.05) is 58.3 Å². The van der Waals surface area contributed by atoms with Crippen LogP contribution in [0.4, 0.5) is 0 Å². The van der Waals surface area contributed by atoms with Crippen LogP contribution >= 0.6 is 46.7 Å². The molecular weight excluding hydrogens is 435 g/mol. The second-order valence-corrected chi connectivity index (χ2v) is 9.61. The van der Waals surface area contributed by atoms with Gasteiger partial charge in [0.15, 0.2) is 0 Å². The Morgan fingerprint density at radius 3 is 1.43 bits per heavy atom. The van der Waals surface area contributed by atoms with Gasteiger partial charge in [-0.05, 0) is 35.4 Å². The summed E-state index contributed by atoms with van der Waals surface area (Å²) in [6.07, 6.45) is 0. The largest absolute Gasteiger partial charge is 0.324 e. The molecule has 2 fully saturated rings. The zero-order valence-corrected chi connectivity index (χ0v) is 18.0. The molecule has 2 aromatic carbocycles. The summed E-state index contributed by atoms with van der Waals surface area (Å²) in [6, 6.07) is 15.2. The molecule has 4 rings (SSSR count). The number of hydrogen-bond donors (Lipinski definition) is 0. The van der Waals surface area contributed by atoms with Gasteiger partial charge in [0.05, 0.1) is 11.5 Å². The van der Waals surface area contributed by atoms with E-state index in [1.54, 1.807) is 23.5 Å². The highest BCUT2D eigenvalue weighted by molar-refractivity contribution is 8.00. The van der Waals surface area contributed by atoms with Gasteiger partial charge in [-0.15, -0.1) is 23.5 Å². The van der Waals surface area contributed by atoms with Crippen molar-refractivity contribution in [3.8, 4) is 0 Å². The predicted molar refractivity (Wildman–Crippen MR) is 117 cm³/mol. The quantitative estimate of drug-likeness (QED) is 0.650. The van der Waals surface area contributed by atoms with Gasteiger partial charge in [-0.25, -0.2) is 0 Å².